The zero-order chi connectivity index (χ0) is 24.3. The Balaban J connectivity index is 1.74. The number of halogens is 3. The van der Waals surface area contributed by atoms with Gasteiger partial charge in [0, 0.05) is 6.07 Å². The smallest absolute Gasteiger partial charge is 0.422 e. The molecule has 0 aromatic heterocycles. The Morgan fingerprint density at radius 2 is 1.68 bits per heavy atom. The third kappa shape index (κ3) is 5.41. The standard InChI is InChI=1S/C25H25B2F3N2O2/c1-27-18-9-5-16(6-10-18)23-22(15-3-7-17(26)8-4-15)31-24(32-23)20-12-11-19(33-2)13-21(20)34-14-25(28,29)30/h3-13,22-23,27H,14,26H2,1-2H3,(H,31,32)/t22-,23+/m1/s1. The van der Waals surface area contributed by atoms with E-state index in [0.29, 0.717) is 17.1 Å². The topological polar surface area (TPSA) is 42.9 Å². The van der Waals surface area contributed by atoms with Crippen LogP contribution in [0, 0.1) is 0 Å². The minimum atomic E-state index is -4.46. The first-order valence-electron chi connectivity index (χ1n) is 11.1. The predicted molar refractivity (Wildman–Crippen MR) is 133 cm³/mol. The third-order valence-electron chi connectivity index (χ3n) is 5.88. The first-order valence-corrected chi connectivity index (χ1v) is 11.1. The number of nitrogens with one attached hydrogen (secondary N) is 1. The van der Waals surface area contributed by atoms with Crippen LogP contribution in [0.5, 0.6) is 11.5 Å². The first-order chi connectivity index (χ1) is 16.3. The Bertz CT molecular complexity index is 1170. The Kier molecular flexibility index (Phi) is 6.91. The van der Waals surface area contributed by atoms with Crippen LogP contribution in [-0.2, 0) is 0 Å². The number of ether oxygens (including phenoxy) is 2. The molecule has 0 bridgehead atoms. The number of hydrogen-bond acceptors (Lipinski definition) is 4. The van der Waals surface area contributed by atoms with E-state index in [-0.39, 0.29) is 17.8 Å². The zero-order valence-electron chi connectivity index (χ0n) is 19.3. The second kappa shape index (κ2) is 9.87. The minimum Gasteiger partial charge on any atom is -0.497 e. The number of nitrogens with zero attached hydrogens (tertiary/aromatic N) is 1. The van der Waals surface area contributed by atoms with E-state index in [0.717, 1.165) is 23.9 Å². The second-order valence-corrected chi connectivity index (χ2v) is 8.32. The fourth-order valence-electron chi connectivity index (χ4n) is 3.99. The van der Waals surface area contributed by atoms with E-state index in [1.165, 1.54) is 18.6 Å². The summed E-state index contributed by atoms with van der Waals surface area (Å²) in [6.45, 7) is 0.703. The number of rotatable bonds is 7. The van der Waals surface area contributed by atoms with E-state index in [4.69, 9.17) is 14.5 Å². The molecule has 1 aliphatic rings. The molecule has 34 heavy (non-hydrogen) atoms. The Morgan fingerprint density at radius 1 is 1.00 bits per heavy atom. The lowest BCUT2D eigenvalue weighted by Gasteiger charge is -2.20. The molecule has 0 unspecified atom stereocenters. The molecule has 174 valence electrons. The van der Waals surface area contributed by atoms with Gasteiger partial charge in [-0.2, -0.15) is 13.2 Å². The van der Waals surface area contributed by atoms with E-state index >= 15 is 0 Å². The fraction of sp³-hybridized carbons (Fsp3) is 0.240. The normalized spacial score (nSPS) is 17.6. The lowest BCUT2D eigenvalue weighted by Crippen LogP contribution is -2.27. The van der Waals surface area contributed by atoms with Crippen molar-refractivity contribution in [3.05, 3.63) is 83.4 Å². The monoisotopic (exact) mass is 464 g/mol. The minimum absolute atomic E-state index is 0.0626. The van der Waals surface area contributed by atoms with Crippen molar-refractivity contribution in [3.8, 4) is 11.5 Å². The van der Waals surface area contributed by atoms with Gasteiger partial charge in [0.05, 0.1) is 18.7 Å². The molecular formula is C25H25B2F3N2O2. The average Bonchev–Trinajstić information content (AvgIpc) is 3.28. The summed E-state index contributed by atoms with van der Waals surface area (Å²) in [5.41, 5.74) is 4.89. The highest BCUT2D eigenvalue weighted by Gasteiger charge is 2.34. The van der Waals surface area contributed by atoms with Crippen molar-refractivity contribution in [2.24, 2.45) is 4.99 Å². The summed E-state index contributed by atoms with van der Waals surface area (Å²) < 4.78 is 49.0. The highest BCUT2D eigenvalue weighted by molar-refractivity contribution is 6.51. The number of alkyl halides is 3. The van der Waals surface area contributed by atoms with Gasteiger partial charge >= 0.3 is 6.18 Å². The van der Waals surface area contributed by atoms with Crippen molar-refractivity contribution in [3.63, 3.8) is 0 Å². The van der Waals surface area contributed by atoms with Crippen LogP contribution in [0.4, 0.5) is 13.2 Å². The molecule has 0 aliphatic carbocycles. The Hall–Kier alpha value is -3.35. The van der Waals surface area contributed by atoms with Gasteiger partial charge in [-0.15, -0.1) is 0 Å². The highest BCUT2D eigenvalue weighted by atomic mass is 19.4. The van der Waals surface area contributed by atoms with Crippen LogP contribution in [0.3, 0.4) is 0 Å². The molecule has 0 fully saturated rings. The van der Waals surface area contributed by atoms with E-state index in [1.54, 1.807) is 12.1 Å². The van der Waals surface area contributed by atoms with Gasteiger partial charge in [-0.05, 0) is 23.3 Å². The maximum Gasteiger partial charge on any atom is 0.422 e. The van der Waals surface area contributed by atoms with Gasteiger partial charge in [0.1, 0.15) is 31.2 Å². The summed E-state index contributed by atoms with van der Waals surface area (Å²) in [4.78, 5) is 4.92. The zero-order valence-corrected chi connectivity index (χ0v) is 19.3. The summed E-state index contributed by atoms with van der Waals surface area (Å²) in [5.74, 6) is 0.948. The predicted octanol–water partition coefficient (Wildman–Crippen LogP) is 2.84. The molecule has 0 amide bonds. The van der Waals surface area contributed by atoms with Gasteiger partial charge in [0.15, 0.2) is 13.9 Å². The molecule has 1 aliphatic heterocycles. The summed E-state index contributed by atoms with van der Waals surface area (Å²) in [7, 11) is 4.42. The van der Waals surface area contributed by atoms with Crippen LogP contribution in [0.15, 0.2) is 71.7 Å². The summed E-state index contributed by atoms with van der Waals surface area (Å²) >= 11 is 0. The summed E-state index contributed by atoms with van der Waals surface area (Å²) in [6.07, 6.45) is -4.46. The maximum absolute atomic E-state index is 12.9. The lowest BCUT2D eigenvalue weighted by atomic mass is 9.73. The van der Waals surface area contributed by atoms with Crippen molar-refractivity contribution in [1.29, 1.82) is 0 Å². The van der Waals surface area contributed by atoms with Gasteiger partial charge < -0.3 is 14.8 Å². The van der Waals surface area contributed by atoms with E-state index in [2.05, 4.69) is 36.4 Å². The molecule has 2 atom stereocenters. The molecule has 9 heteroatoms. The lowest BCUT2D eigenvalue weighted by molar-refractivity contribution is -0.153. The molecule has 4 rings (SSSR count). The number of methoxy groups -OCH3 is 1. The number of aliphatic imine (C=N–C) groups is 1. The largest absolute Gasteiger partial charge is 0.497 e. The number of amidine groups is 1. The van der Waals surface area contributed by atoms with Crippen molar-refractivity contribution in [2.45, 2.75) is 25.1 Å². The number of benzene rings is 3. The molecular weight excluding hydrogens is 439 g/mol. The molecule has 3 aromatic carbocycles. The van der Waals surface area contributed by atoms with Gasteiger partial charge in [-0.1, -0.05) is 66.3 Å². The molecule has 1 N–H and O–H groups in total. The van der Waals surface area contributed by atoms with Crippen LogP contribution >= 0.6 is 0 Å². The van der Waals surface area contributed by atoms with E-state index in [9.17, 15) is 13.2 Å². The average molecular weight is 464 g/mol. The molecule has 3 aromatic rings. The van der Waals surface area contributed by atoms with Crippen molar-refractivity contribution in [1.82, 2.24) is 5.32 Å². The van der Waals surface area contributed by atoms with Crippen LogP contribution in [0.1, 0.15) is 28.8 Å². The molecule has 0 saturated heterocycles. The van der Waals surface area contributed by atoms with Gasteiger partial charge in [0.2, 0.25) is 0 Å². The van der Waals surface area contributed by atoms with Crippen LogP contribution in [0.25, 0.3) is 0 Å². The number of hydrogen-bond donors (Lipinski definition) is 1. The summed E-state index contributed by atoms with van der Waals surface area (Å²) in [5, 5.41) is 3.45. The Labute approximate surface area is 198 Å². The van der Waals surface area contributed by atoms with Crippen molar-refractivity contribution >= 4 is 31.9 Å². The highest BCUT2D eigenvalue weighted by Crippen LogP contribution is 2.38. The fourth-order valence-corrected chi connectivity index (χ4v) is 3.99. The Morgan fingerprint density at radius 3 is 2.29 bits per heavy atom. The van der Waals surface area contributed by atoms with Gasteiger partial charge in [0.25, 0.3) is 0 Å². The molecule has 0 saturated carbocycles. The SMILES string of the molecule is Bc1ccc([C@H]2N=C(c3ccc(OC)cc3OCC(F)(F)F)N[C@H]2c2ccc(BC)cc2)cc1. The van der Waals surface area contributed by atoms with Crippen LogP contribution in [-0.4, -0.2) is 40.9 Å². The van der Waals surface area contributed by atoms with Gasteiger partial charge in [-0.3, -0.25) is 4.99 Å². The summed E-state index contributed by atoms with van der Waals surface area (Å²) in [6, 6.07) is 20.9. The second-order valence-electron chi connectivity index (χ2n) is 8.32. The maximum atomic E-state index is 12.9. The third-order valence-corrected chi connectivity index (χ3v) is 5.88. The molecule has 0 radical (unpaired) electrons. The van der Waals surface area contributed by atoms with E-state index in [1.807, 2.05) is 32.1 Å². The van der Waals surface area contributed by atoms with Gasteiger partial charge in [-0.25, -0.2) is 0 Å². The quantitative estimate of drug-likeness (QED) is 0.548. The van der Waals surface area contributed by atoms with Crippen LogP contribution < -0.4 is 25.7 Å². The molecule has 1 heterocycles. The van der Waals surface area contributed by atoms with Crippen molar-refractivity contribution in [2.75, 3.05) is 13.7 Å². The molecule has 0 spiro atoms. The van der Waals surface area contributed by atoms with Crippen LogP contribution in [0.2, 0.25) is 6.82 Å². The molecule has 4 nitrogen and oxygen atoms in total. The first kappa shape index (κ1) is 23.8. The van der Waals surface area contributed by atoms with Crippen molar-refractivity contribution < 1.29 is 22.6 Å². The van der Waals surface area contributed by atoms with E-state index < -0.39 is 12.8 Å².